The van der Waals surface area contributed by atoms with E-state index in [2.05, 4.69) is 20.8 Å². The molecule has 0 bridgehead atoms. The van der Waals surface area contributed by atoms with Crippen LogP contribution in [0.2, 0.25) is 0 Å². The first-order chi connectivity index (χ1) is 9.33. The molecule has 98 valence electrons. The zero-order valence-corrected chi connectivity index (χ0v) is 10.5. The van der Waals surface area contributed by atoms with Crippen molar-refractivity contribution in [1.82, 2.24) is 15.5 Å². The van der Waals surface area contributed by atoms with Crippen molar-refractivity contribution in [2.75, 3.05) is 18.4 Å². The van der Waals surface area contributed by atoms with E-state index >= 15 is 0 Å². The Morgan fingerprint density at radius 2 is 2.11 bits per heavy atom. The van der Waals surface area contributed by atoms with Gasteiger partial charge in [-0.15, -0.1) is 0 Å². The molecule has 1 saturated heterocycles. The molecule has 5 nitrogen and oxygen atoms in total. The molecule has 3 N–H and O–H groups in total. The van der Waals surface area contributed by atoms with Crippen molar-refractivity contribution >= 4 is 11.6 Å². The predicted molar refractivity (Wildman–Crippen MR) is 73.6 cm³/mol. The van der Waals surface area contributed by atoms with Crippen molar-refractivity contribution in [2.45, 2.75) is 6.42 Å². The summed E-state index contributed by atoms with van der Waals surface area (Å²) in [7, 11) is 0. The molecule has 1 aliphatic rings. The number of H-pyrrole nitrogens is 1. The van der Waals surface area contributed by atoms with E-state index in [1.807, 2.05) is 30.3 Å². The summed E-state index contributed by atoms with van der Waals surface area (Å²) in [6.07, 6.45) is 2.64. The van der Waals surface area contributed by atoms with Crippen LogP contribution in [0.1, 0.15) is 6.42 Å². The van der Waals surface area contributed by atoms with Crippen LogP contribution in [-0.2, 0) is 4.79 Å². The highest BCUT2D eigenvalue weighted by Gasteiger charge is 2.22. The molecule has 1 unspecified atom stereocenters. The molecule has 0 aliphatic carbocycles. The number of anilines is 1. The molecule has 1 amide bonds. The second-order valence-corrected chi connectivity index (χ2v) is 4.73. The smallest absolute Gasteiger partial charge is 0.228 e. The highest BCUT2D eigenvalue weighted by molar-refractivity contribution is 5.93. The molecule has 19 heavy (non-hydrogen) atoms. The Kier molecular flexibility index (Phi) is 3.29. The van der Waals surface area contributed by atoms with Crippen LogP contribution in [0.15, 0.2) is 36.5 Å². The Bertz CT molecular complexity index is 541. The van der Waals surface area contributed by atoms with Crippen LogP contribution in [-0.4, -0.2) is 29.2 Å². The van der Waals surface area contributed by atoms with E-state index in [4.69, 9.17) is 0 Å². The van der Waals surface area contributed by atoms with E-state index in [-0.39, 0.29) is 11.8 Å². The minimum atomic E-state index is 0.0901. The lowest BCUT2D eigenvalue weighted by Gasteiger charge is -2.10. The first-order valence-electron chi connectivity index (χ1n) is 6.44. The Balaban J connectivity index is 1.67. The first-order valence-corrected chi connectivity index (χ1v) is 6.44. The minimum Gasteiger partial charge on any atom is -0.326 e. The van der Waals surface area contributed by atoms with Gasteiger partial charge in [-0.25, -0.2) is 0 Å². The third kappa shape index (κ3) is 2.66. The number of hydrogen-bond acceptors (Lipinski definition) is 3. The minimum absolute atomic E-state index is 0.0901. The van der Waals surface area contributed by atoms with Gasteiger partial charge in [-0.3, -0.25) is 9.89 Å². The van der Waals surface area contributed by atoms with Gasteiger partial charge in [0.25, 0.3) is 0 Å². The average molecular weight is 256 g/mol. The Labute approximate surface area is 111 Å². The number of aromatic nitrogens is 2. The maximum atomic E-state index is 12.0. The fourth-order valence-corrected chi connectivity index (χ4v) is 2.27. The number of aromatic amines is 1. The van der Waals surface area contributed by atoms with Crippen molar-refractivity contribution in [1.29, 1.82) is 0 Å². The van der Waals surface area contributed by atoms with E-state index in [1.165, 1.54) is 0 Å². The SMILES string of the molecule is O=C(Nc1ccc(-c2ccn[nH]2)cc1)C1CCNC1. The molecule has 1 aromatic heterocycles. The van der Waals surface area contributed by atoms with Crippen molar-refractivity contribution in [3.8, 4) is 11.3 Å². The lowest BCUT2D eigenvalue weighted by Crippen LogP contribution is -2.24. The van der Waals surface area contributed by atoms with Gasteiger partial charge in [0.15, 0.2) is 0 Å². The number of carbonyl (C=O) groups is 1. The third-order valence-electron chi connectivity index (χ3n) is 3.40. The second-order valence-electron chi connectivity index (χ2n) is 4.73. The zero-order chi connectivity index (χ0) is 13.1. The van der Waals surface area contributed by atoms with Crippen LogP contribution in [0.5, 0.6) is 0 Å². The van der Waals surface area contributed by atoms with Crippen LogP contribution in [0, 0.1) is 5.92 Å². The largest absolute Gasteiger partial charge is 0.326 e. The summed E-state index contributed by atoms with van der Waals surface area (Å²) >= 11 is 0. The quantitative estimate of drug-likeness (QED) is 0.781. The van der Waals surface area contributed by atoms with Gasteiger partial charge in [-0.05, 0) is 36.7 Å². The number of benzene rings is 1. The molecular formula is C14H16N4O. The van der Waals surface area contributed by atoms with Crippen molar-refractivity contribution in [3.05, 3.63) is 36.5 Å². The first kappa shape index (κ1) is 11.9. The van der Waals surface area contributed by atoms with Gasteiger partial charge in [0.05, 0.1) is 11.6 Å². The van der Waals surface area contributed by atoms with Crippen molar-refractivity contribution in [2.24, 2.45) is 5.92 Å². The van der Waals surface area contributed by atoms with E-state index in [0.717, 1.165) is 36.5 Å². The Morgan fingerprint density at radius 3 is 2.74 bits per heavy atom. The van der Waals surface area contributed by atoms with Crippen molar-refractivity contribution < 1.29 is 4.79 Å². The summed E-state index contributed by atoms with van der Waals surface area (Å²) in [5, 5.41) is 13.0. The molecule has 2 heterocycles. The molecule has 1 fully saturated rings. The van der Waals surface area contributed by atoms with Crippen LogP contribution >= 0.6 is 0 Å². The maximum absolute atomic E-state index is 12.0. The lowest BCUT2D eigenvalue weighted by atomic mass is 10.1. The molecule has 2 aromatic rings. The molecule has 0 spiro atoms. The zero-order valence-electron chi connectivity index (χ0n) is 10.5. The molecule has 1 atom stereocenters. The summed E-state index contributed by atoms with van der Waals surface area (Å²) in [6, 6.07) is 9.68. The van der Waals surface area contributed by atoms with E-state index in [9.17, 15) is 4.79 Å². The van der Waals surface area contributed by atoms with E-state index in [0.29, 0.717) is 0 Å². The predicted octanol–water partition coefficient (Wildman–Crippen LogP) is 1.62. The molecule has 1 aliphatic heterocycles. The van der Waals surface area contributed by atoms with Gasteiger partial charge in [0.2, 0.25) is 5.91 Å². The van der Waals surface area contributed by atoms with Crippen LogP contribution in [0.25, 0.3) is 11.3 Å². The van der Waals surface area contributed by atoms with Gasteiger partial charge >= 0.3 is 0 Å². The standard InChI is InChI=1S/C14H16N4O/c19-14(11-5-7-15-9-11)17-12-3-1-10(2-4-12)13-6-8-16-18-13/h1-4,6,8,11,15H,5,7,9H2,(H,16,18)(H,17,19). The van der Waals surface area contributed by atoms with E-state index < -0.39 is 0 Å². The summed E-state index contributed by atoms with van der Waals surface area (Å²) < 4.78 is 0. The molecule has 0 radical (unpaired) electrons. The maximum Gasteiger partial charge on any atom is 0.228 e. The summed E-state index contributed by atoms with van der Waals surface area (Å²) in [4.78, 5) is 12.0. The number of hydrogen-bond donors (Lipinski definition) is 3. The molecular weight excluding hydrogens is 240 g/mol. The number of nitrogens with one attached hydrogen (secondary N) is 3. The van der Waals surface area contributed by atoms with Crippen LogP contribution in [0.4, 0.5) is 5.69 Å². The van der Waals surface area contributed by atoms with Gasteiger partial charge in [-0.1, -0.05) is 12.1 Å². The van der Waals surface area contributed by atoms with Gasteiger partial charge in [0.1, 0.15) is 0 Å². The Morgan fingerprint density at radius 1 is 1.26 bits per heavy atom. The van der Waals surface area contributed by atoms with Crippen molar-refractivity contribution in [3.63, 3.8) is 0 Å². The van der Waals surface area contributed by atoms with E-state index in [1.54, 1.807) is 6.20 Å². The normalized spacial score (nSPS) is 18.4. The fourth-order valence-electron chi connectivity index (χ4n) is 2.27. The molecule has 5 heteroatoms. The molecule has 3 rings (SSSR count). The molecule has 1 aromatic carbocycles. The monoisotopic (exact) mass is 256 g/mol. The second kappa shape index (κ2) is 5.24. The number of nitrogens with zero attached hydrogens (tertiary/aromatic N) is 1. The highest BCUT2D eigenvalue weighted by atomic mass is 16.1. The van der Waals surface area contributed by atoms with Crippen LogP contribution in [0.3, 0.4) is 0 Å². The average Bonchev–Trinajstić information content (AvgIpc) is 3.13. The number of rotatable bonds is 3. The van der Waals surface area contributed by atoms with Gasteiger partial charge in [0, 0.05) is 18.4 Å². The lowest BCUT2D eigenvalue weighted by molar-refractivity contribution is -0.119. The Hall–Kier alpha value is -2.14. The van der Waals surface area contributed by atoms with Crippen LogP contribution < -0.4 is 10.6 Å². The van der Waals surface area contributed by atoms with Gasteiger partial charge < -0.3 is 10.6 Å². The summed E-state index contributed by atoms with van der Waals surface area (Å²) in [6.45, 7) is 1.70. The number of amides is 1. The third-order valence-corrected chi connectivity index (χ3v) is 3.40. The number of carbonyl (C=O) groups excluding carboxylic acids is 1. The fraction of sp³-hybridized carbons (Fsp3) is 0.286. The topological polar surface area (TPSA) is 69.8 Å². The highest BCUT2D eigenvalue weighted by Crippen LogP contribution is 2.19. The molecule has 0 saturated carbocycles. The van der Waals surface area contributed by atoms with Gasteiger partial charge in [-0.2, -0.15) is 5.10 Å². The summed E-state index contributed by atoms with van der Waals surface area (Å²) in [5.74, 6) is 0.187. The summed E-state index contributed by atoms with van der Waals surface area (Å²) in [5.41, 5.74) is 2.86.